The fourth-order valence-corrected chi connectivity index (χ4v) is 6.29. The molecule has 0 atom stereocenters. The van der Waals surface area contributed by atoms with Crippen molar-refractivity contribution in [1.29, 1.82) is 0 Å². The molecular weight excluding hydrogens is 524 g/mol. The summed E-state index contributed by atoms with van der Waals surface area (Å²) in [6.45, 7) is 4.16. The first-order chi connectivity index (χ1) is 20.4. The third-order valence-corrected chi connectivity index (χ3v) is 8.41. The molecule has 6 heterocycles. The fraction of sp³-hybridized carbons (Fsp3) is 0.176. The Morgan fingerprint density at radius 1 is 0.643 bits per heavy atom. The first-order valence-electron chi connectivity index (χ1n) is 14.1. The van der Waals surface area contributed by atoms with E-state index in [1.807, 2.05) is 30.3 Å². The summed E-state index contributed by atoms with van der Waals surface area (Å²) in [4.78, 5) is 36.2. The maximum atomic E-state index is 11.6. The molecule has 0 radical (unpaired) electrons. The molecule has 8 nitrogen and oxygen atoms in total. The van der Waals surface area contributed by atoms with E-state index in [0.29, 0.717) is 17.0 Å². The molecular formula is C34H26N6O2. The number of carboxylic acids is 1. The highest BCUT2D eigenvalue weighted by Crippen LogP contribution is 2.37. The third kappa shape index (κ3) is 3.83. The van der Waals surface area contributed by atoms with Gasteiger partial charge in [-0.25, -0.2) is 29.7 Å². The monoisotopic (exact) mass is 550 g/mol. The van der Waals surface area contributed by atoms with Gasteiger partial charge in [0.05, 0.1) is 34.2 Å². The van der Waals surface area contributed by atoms with E-state index in [1.165, 1.54) is 0 Å². The van der Waals surface area contributed by atoms with Crippen molar-refractivity contribution in [1.82, 2.24) is 29.5 Å². The maximum Gasteiger partial charge on any atom is 0.354 e. The number of pyridine rings is 5. The zero-order valence-corrected chi connectivity index (χ0v) is 23.2. The summed E-state index contributed by atoms with van der Waals surface area (Å²) in [7, 11) is 0. The average molecular weight is 551 g/mol. The van der Waals surface area contributed by atoms with Gasteiger partial charge >= 0.3 is 5.97 Å². The van der Waals surface area contributed by atoms with Crippen LogP contribution >= 0.6 is 0 Å². The molecule has 0 saturated heterocycles. The van der Waals surface area contributed by atoms with Gasteiger partial charge in [-0.2, -0.15) is 0 Å². The number of carboxylic acid groups (broad SMARTS) is 1. The van der Waals surface area contributed by atoms with Crippen LogP contribution in [-0.4, -0.2) is 40.6 Å². The minimum absolute atomic E-state index is 0.0207. The highest BCUT2D eigenvalue weighted by atomic mass is 16.4. The first kappa shape index (κ1) is 24.5. The van der Waals surface area contributed by atoms with Crippen LogP contribution in [0.1, 0.15) is 44.1 Å². The Hall–Kier alpha value is -5.24. The highest BCUT2D eigenvalue weighted by Gasteiger charge is 2.25. The van der Waals surface area contributed by atoms with Gasteiger partial charge in [-0.3, -0.25) is 0 Å². The molecule has 0 fully saturated rings. The predicted octanol–water partition coefficient (Wildman–Crippen LogP) is 6.12. The third-order valence-electron chi connectivity index (χ3n) is 8.41. The van der Waals surface area contributed by atoms with Gasteiger partial charge in [0, 0.05) is 16.8 Å². The van der Waals surface area contributed by atoms with E-state index in [4.69, 9.17) is 19.9 Å². The molecule has 204 valence electrons. The highest BCUT2D eigenvalue weighted by molar-refractivity contribution is 5.88. The molecule has 2 aliphatic rings. The molecule has 1 N–H and O–H groups in total. The summed E-state index contributed by atoms with van der Waals surface area (Å²) >= 11 is 0. The topological polar surface area (TPSA) is 107 Å². The Balaban J connectivity index is 1.25. The van der Waals surface area contributed by atoms with Crippen LogP contribution in [0.5, 0.6) is 0 Å². The molecule has 6 aromatic rings. The van der Waals surface area contributed by atoms with E-state index in [-0.39, 0.29) is 5.69 Å². The summed E-state index contributed by atoms with van der Waals surface area (Å²) in [5.74, 6) is -0.180. The number of fused-ring (bicyclic) bond motifs is 7. The van der Waals surface area contributed by atoms with E-state index in [2.05, 4.69) is 53.7 Å². The van der Waals surface area contributed by atoms with Gasteiger partial charge in [0.1, 0.15) is 11.5 Å². The van der Waals surface area contributed by atoms with Crippen LogP contribution in [-0.2, 0) is 25.7 Å². The number of aromatic carboxylic acids is 1. The molecule has 0 spiro atoms. The molecule has 6 aromatic heterocycles. The molecule has 0 saturated carbocycles. The van der Waals surface area contributed by atoms with Crippen LogP contribution in [0.2, 0.25) is 0 Å². The van der Waals surface area contributed by atoms with Crippen LogP contribution in [0, 0.1) is 13.8 Å². The number of carbonyl (C=O) groups is 1. The Bertz CT molecular complexity index is 2090. The van der Waals surface area contributed by atoms with Gasteiger partial charge in [0.15, 0.2) is 5.65 Å². The average Bonchev–Trinajstić information content (AvgIpc) is 3.35. The van der Waals surface area contributed by atoms with Crippen molar-refractivity contribution in [3.8, 4) is 40.0 Å². The van der Waals surface area contributed by atoms with Crippen molar-refractivity contribution in [3.05, 3.63) is 106 Å². The second-order valence-electron chi connectivity index (χ2n) is 11.1. The van der Waals surface area contributed by atoms with Gasteiger partial charge in [0.2, 0.25) is 0 Å². The van der Waals surface area contributed by atoms with Crippen molar-refractivity contribution < 1.29 is 9.90 Å². The summed E-state index contributed by atoms with van der Waals surface area (Å²) in [5.41, 5.74) is 11.9. The van der Waals surface area contributed by atoms with Crippen LogP contribution < -0.4 is 0 Å². The number of hydrogen-bond donors (Lipinski definition) is 1. The predicted molar refractivity (Wildman–Crippen MR) is 160 cm³/mol. The lowest BCUT2D eigenvalue weighted by molar-refractivity contribution is 0.0690. The van der Waals surface area contributed by atoms with E-state index < -0.39 is 5.97 Å². The molecule has 0 amide bonds. The minimum atomic E-state index is -1.05. The van der Waals surface area contributed by atoms with Crippen LogP contribution in [0.3, 0.4) is 0 Å². The van der Waals surface area contributed by atoms with E-state index in [9.17, 15) is 9.90 Å². The van der Waals surface area contributed by atoms with Crippen molar-refractivity contribution in [2.24, 2.45) is 0 Å². The molecule has 8 heteroatoms. The smallest absolute Gasteiger partial charge is 0.354 e. The quantitative estimate of drug-likeness (QED) is 0.283. The van der Waals surface area contributed by atoms with Crippen LogP contribution in [0.4, 0.5) is 0 Å². The zero-order chi connectivity index (χ0) is 28.5. The molecule has 8 rings (SSSR count). The molecule has 0 aromatic carbocycles. The Labute approximate surface area is 241 Å². The minimum Gasteiger partial charge on any atom is -0.477 e. The van der Waals surface area contributed by atoms with E-state index in [1.54, 1.807) is 6.07 Å². The van der Waals surface area contributed by atoms with Gasteiger partial charge in [-0.1, -0.05) is 18.2 Å². The number of rotatable bonds is 3. The van der Waals surface area contributed by atoms with Crippen molar-refractivity contribution in [2.75, 3.05) is 0 Å². The summed E-state index contributed by atoms with van der Waals surface area (Å²) in [6.07, 6.45) is 3.42. The number of hydrogen-bond acceptors (Lipinski definition) is 6. The lowest BCUT2D eigenvalue weighted by atomic mass is 9.89. The largest absolute Gasteiger partial charge is 0.477 e. The lowest BCUT2D eigenvalue weighted by Crippen LogP contribution is -2.12. The van der Waals surface area contributed by atoms with Gasteiger partial charge in [0.25, 0.3) is 0 Å². The fourth-order valence-electron chi connectivity index (χ4n) is 6.29. The normalized spacial score (nSPS) is 13.3. The first-order valence-corrected chi connectivity index (χ1v) is 14.1. The summed E-state index contributed by atoms with van der Waals surface area (Å²) in [6, 6.07) is 22.2. The Kier molecular flexibility index (Phi) is 5.34. The molecule has 0 unspecified atom stereocenters. The van der Waals surface area contributed by atoms with Crippen molar-refractivity contribution >= 4 is 17.0 Å². The lowest BCUT2D eigenvalue weighted by Gasteiger charge is -2.21. The SMILES string of the molecule is Cc1ccc(C)n1-c1cccc(-c2ccc3c(n2)-c2nc4nc5c(cc4cc2CC3)CCc2ccc(C(=O)O)nc2-5)n1. The maximum absolute atomic E-state index is 11.6. The van der Waals surface area contributed by atoms with Crippen LogP contribution in [0.15, 0.2) is 66.7 Å². The standard InChI is InChI=1S/C34H26N6O2/c1-18-6-7-19(2)40(18)28-5-3-4-25(35-28)26-14-12-20-8-10-22-16-24-17-23-11-9-21-13-15-27(34(41)42)37-30(21)32(23)39-33(24)38-31(22)29(20)36-26/h3-7,12-17H,8-11H2,1-2H3,(H,41,42). The summed E-state index contributed by atoms with van der Waals surface area (Å²) in [5, 5.41) is 10.5. The molecule has 0 aliphatic heterocycles. The second-order valence-corrected chi connectivity index (χ2v) is 11.1. The Morgan fingerprint density at radius 3 is 1.88 bits per heavy atom. The van der Waals surface area contributed by atoms with Gasteiger partial charge in [-0.05, 0) is 110 Å². The summed E-state index contributed by atoms with van der Waals surface area (Å²) < 4.78 is 2.14. The number of aromatic nitrogens is 6. The molecule has 0 bridgehead atoms. The van der Waals surface area contributed by atoms with Gasteiger partial charge in [-0.15, -0.1) is 0 Å². The van der Waals surface area contributed by atoms with E-state index >= 15 is 0 Å². The number of aryl methyl sites for hydroxylation is 6. The van der Waals surface area contributed by atoms with Crippen LogP contribution in [0.25, 0.3) is 51.0 Å². The van der Waals surface area contributed by atoms with Crippen molar-refractivity contribution in [2.45, 2.75) is 39.5 Å². The van der Waals surface area contributed by atoms with Gasteiger partial charge < -0.3 is 9.67 Å². The second kappa shape index (κ2) is 9.14. The Morgan fingerprint density at radius 2 is 1.21 bits per heavy atom. The van der Waals surface area contributed by atoms with E-state index in [0.717, 1.165) is 93.3 Å². The molecule has 2 aliphatic carbocycles. The zero-order valence-electron chi connectivity index (χ0n) is 23.2. The van der Waals surface area contributed by atoms with Crippen molar-refractivity contribution in [3.63, 3.8) is 0 Å². The number of nitrogens with zero attached hydrogens (tertiary/aromatic N) is 6. The molecule has 42 heavy (non-hydrogen) atoms.